The minimum atomic E-state index is -3.87. The summed E-state index contributed by atoms with van der Waals surface area (Å²) in [5.41, 5.74) is 0.738. The molecule has 9 heteroatoms. The van der Waals surface area contributed by atoms with Gasteiger partial charge in [-0.1, -0.05) is 39.7 Å². The molecular weight excluding hydrogens is 480 g/mol. The second kappa shape index (κ2) is 10.0. The number of hydrogen-bond donors (Lipinski definition) is 1. The van der Waals surface area contributed by atoms with Crippen molar-refractivity contribution in [2.45, 2.75) is 30.4 Å². The molecule has 1 aliphatic heterocycles. The highest BCUT2D eigenvalue weighted by Gasteiger charge is 2.27. The van der Waals surface area contributed by atoms with Gasteiger partial charge in [-0.25, -0.2) is 8.42 Å². The third-order valence-electron chi connectivity index (χ3n) is 4.59. The Kier molecular flexibility index (Phi) is 7.70. The molecule has 1 atom stereocenters. The molecule has 0 saturated carbocycles. The Bertz CT molecular complexity index is 930. The Morgan fingerprint density at radius 2 is 1.86 bits per heavy atom. The van der Waals surface area contributed by atoms with E-state index in [2.05, 4.69) is 21.2 Å². The number of hydrogen-bond acceptors (Lipinski definition) is 4. The molecule has 29 heavy (non-hydrogen) atoms. The van der Waals surface area contributed by atoms with Crippen LogP contribution in [-0.2, 0) is 26.1 Å². The van der Waals surface area contributed by atoms with Gasteiger partial charge in [0.15, 0.2) is 0 Å². The fourth-order valence-corrected chi connectivity index (χ4v) is 4.80. The highest BCUT2D eigenvalue weighted by Crippen LogP contribution is 2.21. The molecule has 2 aromatic rings. The van der Waals surface area contributed by atoms with Crippen molar-refractivity contribution < 1.29 is 17.9 Å². The monoisotopic (exact) mass is 500 g/mol. The van der Waals surface area contributed by atoms with E-state index in [1.54, 1.807) is 36.4 Å². The van der Waals surface area contributed by atoms with Gasteiger partial charge in [-0.15, -0.1) is 0 Å². The zero-order valence-electron chi connectivity index (χ0n) is 15.7. The van der Waals surface area contributed by atoms with Crippen LogP contribution in [0.1, 0.15) is 18.4 Å². The molecule has 0 bridgehead atoms. The average molecular weight is 502 g/mol. The van der Waals surface area contributed by atoms with Crippen molar-refractivity contribution in [2.75, 3.05) is 19.7 Å². The smallest absolute Gasteiger partial charge is 0.243 e. The van der Waals surface area contributed by atoms with Crippen LogP contribution < -0.4 is 5.32 Å². The van der Waals surface area contributed by atoms with Crippen LogP contribution in [0.2, 0.25) is 5.02 Å². The second-order valence-corrected chi connectivity index (χ2v) is 10.1. The van der Waals surface area contributed by atoms with E-state index in [1.807, 2.05) is 0 Å². The summed E-state index contributed by atoms with van der Waals surface area (Å²) in [6.07, 6.45) is 1.86. The molecule has 0 aromatic heterocycles. The summed E-state index contributed by atoms with van der Waals surface area (Å²) in [6, 6.07) is 13.2. The summed E-state index contributed by atoms with van der Waals surface area (Å²) in [4.78, 5) is 12.6. The molecule has 3 rings (SSSR count). The molecule has 0 unspecified atom stereocenters. The quantitative estimate of drug-likeness (QED) is 0.600. The lowest BCUT2D eigenvalue weighted by Crippen LogP contribution is -2.42. The standard InChI is InChI=1S/C20H22BrClN2O4S/c21-16-5-9-19(10-6-16)29(26,27)24(13-15-3-7-17(22)8-4-15)14-20(25)23-12-18-2-1-11-28-18/h3-10,18H,1-2,11-14H2,(H,23,25)/t18-/m1/s1. The van der Waals surface area contributed by atoms with Crippen molar-refractivity contribution in [3.8, 4) is 0 Å². The Labute approximate surface area is 184 Å². The summed E-state index contributed by atoms with van der Waals surface area (Å²) < 4.78 is 33.8. The van der Waals surface area contributed by atoms with Crippen molar-refractivity contribution in [2.24, 2.45) is 0 Å². The number of carbonyl (C=O) groups excluding carboxylic acids is 1. The molecule has 0 spiro atoms. The molecular formula is C20H22BrClN2O4S. The largest absolute Gasteiger partial charge is 0.376 e. The number of nitrogens with zero attached hydrogens (tertiary/aromatic N) is 1. The maximum Gasteiger partial charge on any atom is 0.243 e. The van der Waals surface area contributed by atoms with Gasteiger partial charge in [0.25, 0.3) is 0 Å². The first-order chi connectivity index (χ1) is 13.8. The maximum absolute atomic E-state index is 13.2. The van der Waals surface area contributed by atoms with Crippen molar-refractivity contribution in [3.05, 3.63) is 63.6 Å². The van der Waals surface area contributed by atoms with Gasteiger partial charge in [0, 0.05) is 29.2 Å². The SMILES string of the molecule is O=C(CN(Cc1ccc(Cl)cc1)S(=O)(=O)c1ccc(Br)cc1)NC[C@H]1CCCO1. The van der Waals surface area contributed by atoms with Gasteiger partial charge >= 0.3 is 0 Å². The molecule has 0 radical (unpaired) electrons. The van der Waals surface area contributed by atoms with E-state index in [0.29, 0.717) is 18.2 Å². The molecule has 1 N–H and O–H groups in total. The fourth-order valence-electron chi connectivity index (χ4n) is 3.02. The number of nitrogens with one attached hydrogen (secondary N) is 1. The Morgan fingerprint density at radius 1 is 1.17 bits per heavy atom. The number of amides is 1. The van der Waals surface area contributed by atoms with Gasteiger partial charge in [-0.05, 0) is 54.8 Å². The van der Waals surface area contributed by atoms with Crippen molar-refractivity contribution >= 4 is 43.5 Å². The lowest BCUT2D eigenvalue weighted by Gasteiger charge is -2.22. The van der Waals surface area contributed by atoms with Crippen molar-refractivity contribution in [1.82, 2.24) is 9.62 Å². The van der Waals surface area contributed by atoms with Gasteiger partial charge in [0.05, 0.1) is 17.5 Å². The molecule has 2 aromatic carbocycles. The lowest BCUT2D eigenvalue weighted by molar-refractivity contribution is -0.121. The van der Waals surface area contributed by atoms with Crippen LogP contribution in [-0.4, -0.2) is 44.4 Å². The van der Waals surface area contributed by atoms with Crippen LogP contribution in [0.3, 0.4) is 0 Å². The first kappa shape index (κ1) is 22.2. The van der Waals surface area contributed by atoms with Crippen molar-refractivity contribution in [1.29, 1.82) is 0 Å². The molecule has 1 saturated heterocycles. The fraction of sp³-hybridized carbons (Fsp3) is 0.350. The molecule has 1 amide bonds. The minimum Gasteiger partial charge on any atom is -0.376 e. The normalized spacial score (nSPS) is 16.9. The number of halogens is 2. The van der Waals surface area contributed by atoms with Gasteiger partial charge < -0.3 is 10.1 Å². The summed E-state index contributed by atoms with van der Waals surface area (Å²) in [7, 11) is -3.87. The van der Waals surface area contributed by atoms with Crippen LogP contribution in [0.15, 0.2) is 57.9 Å². The topological polar surface area (TPSA) is 75.7 Å². The molecule has 0 aliphatic carbocycles. The summed E-state index contributed by atoms with van der Waals surface area (Å²) in [5, 5.41) is 3.34. The highest BCUT2D eigenvalue weighted by molar-refractivity contribution is 9.10. The number of rotatable bonds is 8. The molecule has 156 valence electrons. The van der Waals surface area contributed by atoms with Gasteiger partial charge in [0.1, 0.15) is 0 Å². The molecule has 1 aliphatic rings. The molecule has 6 nitrogen and oxygen atoms in total. The number of carbonyl (C=O) groups is 1. The van der Waals surface area contributed by atoms with Crippen LogP contribution in [0.4, 0.5) is 0 Å². The summed E-state index contributed by atoms with van der Waals surface area (Å²) in [6.45, 7) is 0.851. The first-order valence-electron chi connectivity index (χ1n) is 9.23. The van der Waals surface area contributed by atoms with Crippen LogP contribution in [0.5, 0.6) is 0 Å². The van der Waals surface area contributed by atoms with Crippen LogP contribution in [0, 0.1) is 0 Å². The Morgan fingerprint density at radius 3 is 2.48 bits per heavy atom. The van der Waals surface area contributed by atoms with E-state index in [-0.39, 0.29) is 30.0 Å². The van der Waals surface area contributed by atoms with Crippen LogP contribution >= 0.6 is 27.5 Å². The number of sulfonamides is 1. The van der Waals surface area contributed by atoms with Gasteiger partial charge in [0.2, 0.25) is 15.9 Å². The summed E-state index contributed by atoms with van der Waals surface area (Å²) in [5.74, 6) is -0.366. The van der Waals surface area contributed by atoms with E-state index in [9.17, 15) is 13.2 Å². The summed E-state index contributed by atoms with van der Waals surface area (Å²) >= 11 is 9.23. The van der Waals surface area contributed by atoms with Crippen molar-refractivity contribution in [3.63, 3.8) is 0 Å². The number of benzene rings is 2. The van der Waals surface area contributed by atoms with E-state index in [4.69, 9.17) is 16.3 Å². The van der Waals surface area contributed by atoms with Crippen LogP contribution in [0.25, 0.3) is 0 Å². The van der Waals surface area contributed by atoms with Gasteiger partial charge in [-0.3, -0.25) is 4.79 Å². The number of ether oxygens (including phenoxy) is 1. The predicted octanol–water partition coefficient (Wildman–Crippen LogP) is 3.59. The molecule has 1 heterocycles. The molecule has 1 fully saturated rings. The van der Waals surface area contributed by atoms with Gasteiger partial charge in [-0.2, -0.15) is 4.31 Å². The van der Waals surface area contributed by atoms with E-state index in [0.717, 1.165) is 22.9 Å². The zero-order chi connectivity index (χ0) is 20.9. The highest BCUT2D eigenvalue weighted by atomic mass is 79.9. The minimum absolute atomic E-state index is 0.00764. The average Bonchev–Trinajstić information content (AvgIpc) is 3.21. The maximum atomic E-state index is 13.2. The Hall–Kier alpha value is -1.45. The predicted molar refractivity (Wildman–Crippen MR) is 115 cm³/mol. The third kappa shape index (κ3) is 6.26. The third-order valence-corrected chi connectivity index (χ3v) is 7.18. The zero-order valence-corrected chi connectivity index (χ0v) is 18.8. The van der Waals surface area contributed by atoms with E-state index >= 15 is 0 Å². The second-order valence-electron chi connectivity index (χ2n) is 6.79. The Balaban J connectivity index is 1.77. The lowest BCUT2D eigenvalue weighted by atomic mass is 10.2. The first-order valence-corrected chi connectivity index (χ1v) is 11.8. The van der Waals surface area contributed by atoms with E-state index < -0.39 is 10.0 Å². The van der Waals surface area contributed by atoms with E-state index in [1.165, 1.54) is 16.4 Å².